The summed E-state index contributed by atoms with van der Waals surface area (Å²) < 4.78 is 16.3. The molecule has 31 heavy (non-hydrogen) atoms. The summed E-state index contributed by atoms with van der Waals surface area (Å²) in [5.41, 5.74) is 3.79. The van der Waals surface area contributed by atoms with E-state index in [0.717, 1.165) is 22.8 Å². The van der Waals surface area contributed by atoms with Crippen LogP contribution in [0.25, 0.3) is 5.69 Å². The molecule has 1 aliphatic heterocycles. The van der Waals surface area contributed by atoms with Gasteiger partial charge in [0.1, 0.15) is 11.6 Å². The summed E-state index contributed by atoms with van der Waals surface area (Å²) in [5, 5.41) is 16.2. The van der Waals surface area contributed by atoms with Crippen LogP contribution in [0.15, 0.2) is 65.8 Å². The van der Waals surface area contributed by atoms with Crippen LogP contribution in [-0.4, -0.2) is 37.4 Å². The first kappa shape index (κ1) is 21.9. The summed E-state index contributed by atoms with van der Waals surface area (Å²) in [7, 11) is 0. The molecule has 0 unspecified atom stereocenters. The van der Waals surface area contributed by atoms with Gasteiger partial charge in [-0.2, -0.15) is 0 Å². The Morgan fingerprint density at radius 3 is 2.42 bits per heavy atom. The number of carbonyl (C=O) groups is 2. The third-order valence-electron chi connectivity index (χ3n) is 4.36. The SMILES string of the molecule is Cc1ncc2n1-c1ccc(Cl)cc1C(c1ccccc1F)=NC2.O=C(O)C=CC(=O)O. The van der Waals surface area contributed by atoms with E-state index in [9.17, 15) is 14.0 Å². The first-order valence-electron chi connectivity index (χ1n) is 9.04. The lowest BCUT2D eigenvalue weighted by atomic mass is 10.00. The lowest BCUT2D eigenvalue weighted by molar-refractivity contribution is -0.134. The second-order valence-electron chi connectivity index (χ2n) is 6.45. The van der Waals surface area contributed by atoms with Gasteiger partial charge in [-0.1, -0.05) is 23.7 Å². The molecule has 1 aliphatic rings. The molecule has 0 amide bonds. The van der Waals surface area contributed by atoms with Gasteiger partial charge in [-0.15, -0.1) is 0 Å². The Balaban J connectivity index is 0.000000293. The molecule has 0 radical (unpaired) electrons. The monoisotopic (exact) mass is 441 g/mol. The highest BCUT2D eigenvalue weighted by Crippen LogP contribution is 2.29. The number of imidazole rings is 1. The maximum atomic E-state index is 14.3. The van der Waals surface area contributed by atoms with Crippen LogP contribution in [0.3, 0.4) is 0 Å². The molecule has 0 spiro atoms. The molecular formula is C22H17ClFN3O4. The van der Waals surface area contributed by atoms with E-state index in [2.05, 4.69) is 9.98 Å². The van der Waals surface area contributed by atoms with E-state index in [1.807, 2.05) is 42.0 Å². The second kappa shape index (κ2) is 9.36. The summed E-state index contributed by atoms with van der Waals surface area (Å²) in [6.45, 7) is 2.38. The minimum Gasteiger partial charge on any atom is -0.478 e. The molecule has 1 aromatic heterocycles. The summed E-state index contributed by atoms with van der Waals surface area (Å²) in [6, 6.07) is 12.3. The third kappa shape index (κ3) is 5.04. The standard InChI is InChI=1S/C18H13ClFN3.C4H4O4/c1-11-21-9-13-10-22-18(14-4-2-3-5-16(14)20)15-8-12(19)6-7-17(15)23(11)13;5-3(6)1-2-4(7)8/h2-9H,10H2,1H3;1-2H,(H,5,6)(H,7,8). The molecule has 2 aromatic carbocycles. The molecular weight excluding hydrogens is 425 g/mol. The van der Waals surface area contributed by atoms with Crippen molar-refractivity contribution in [1.29, 1.82) is 0 Å². The number of halogens is 2. The van der Waals surface area contributed by atoms with Crippen molar-refractivity contribution in [3.05, 3.63) is 94.3 Å². The normalized spacial score (nSPS) is 12.2. The van der Waals surface area contributed by atoms with Crippen LogP contribution in [0.1, 0.15) is 22.6 Å². The van der Waals surface area contributed by atoms with Crippen LogP contribution in [0.5, 0.6) is 0 Å². The van der Waals surface area contributed by atoms with E-state index < -0.39 is 11.9 Å². The van der Waals surface area contributed by atoms with E-state index in [4.69, 9.17) is 21.8 Å². The number of hydrogen-bond acceptors (Lipinski definition) is 4. The second-order valence-corrected chi connectivity index (χ2v) is 6.88. The number of carboxylic acid groups (broad SMARTS) is 2. The molecule has 0 fully saturated rings. The van der Waals surface area contributed by atoms with E-state index in [0.29, 0.717) is 35.0 Å². The summed E-state index contributed by atoms with van der Waals surface area (Å²) in [5.74, 6) is -1.94. The van der Waals surface area contributed by atoms with Crippen molar-refractivity contribution in [1.82, 2.24) is 9.55 Å². The Bertz CT molecular complexity index is 1200. The molecule has 9 heteroatoms. The Morgan fingerprint density at radius 2 is 1.77 bits per heavy atom. The predicted octanol–water partition coefficient (Wildman–Crippen LogP) is 4.04. The van der Waals surface area contributed by atoms with Crippen LogP contribution >= 0.6 is 11.6 Å². The number of hydrogen-bond donors (Lipinski definition) is 2. The number of aryl methyl sites for hydroxylation is 1. The van der Waals surface area contributed by atoms with Gasteiger partial charge in [0.15, 0.2) is 0 Å². The maximum absolute atomic E-state index is 14.3. The Morgan fingerprint density at radius 1 is 1.10 bits per heavy atom. The molecule has 0 bridgehead atoms. The zero-order chi connectivity index (χ0) is 22.5. The first-order valence-corrected chi connectivity index (χ1v) is 9.42. The summed E-state index contributed by atoms with van der Waals surface area (Å²) in [6.07, 6.45) is 2.92. The zero-order valence-electron chi connectivity index (χ0n) is 16.3. The highest BCUT2D eigenvalue weighted by Gasteiger charge is 2.22. The fourth-order valence-electron chi connectivity index (χ4n) is 3.10. The van der Waals surface area contributed by atoms with Crippen LogP contribution < -0.4 is 0 Å². The molecule has 2 heterocycles. The smallest absolute Gasteiger partial charge is 0.328 e. The Kier molecular flexibility index (Phi) is 6.61. The molecule has 4 rings (SSSR count). The first-order chi connectivity index (χ1) is 14.8. The van der Waals surface area contributed by atoms with Crippen molar-refractivity contribution in [3.8, 4) is 5.69 Å². The van der Waals surface area contributed by atoms with Gasteiger partial charge in [-0.3, -0.25) is 9.56 Å². The van der Waals surface area contributed by atoms with Gasteiger partial charge in [0.2, 0.25) is 0 Å². The topological polar surface area (TPSA) is 105 Å². The molecule has 3 aromatic rings. The molecule has 2 N–H and O–H groups in total. The average Bonchev–Trinajstić information content (AvgIpc) is 3.00. The Labute approximate surface area is 181 Å². The third-order valence-corrected chi connectivity index (χ3v) is 4.60. The minimum absolute atomic E-state index is 0.293. The highest BCUT2D eigenvalue weighted by molar-refractivity contribution is 6.31. The van der Waals surface area contributed by atoms with Crippen molar-refractivity contribution in [3.63, 3.8) is 0 Å². The van der Waals surface area contributed by atoms with Crippen molar-refractivity contribution in [2.24, 2.45) is 4.99 Å². The van der Waals surface area contributed by atoms with Gasteiger partial charge in [-0.25, -0.2) is 19.0 Å². The number of nitrogens with zero attached hydrogens (tertiary/aromatic N) is 3. The highest BCUT2D eigenvalue weighted by atomic mass is 35.5. The average molecular weight is 442 g/mol. The number of aliphatic carboxylic acids is 2. The number of carboxylic acids is 2. The fourth-order valence-corrected chi connectivity index (χ4v) is 3.27. The number of benzene rings is 2. The van der Waals surface area contributed by atoms with E-state index in [-0.39, 0.29) is 5.82 Å². The van der Waals surface area contributed by atoms with Gasteiger partial charge in [0.05, 0.1) is 29.8 Å². The van der Waals surface area contributed by atoms with Crippen molar-refractivity contribution < 1.29 is 24.2 Å². The van der Waals surface area contributed by atoms with Crippen LogP contribution in [0.4, 0.5) is 4.39 Å². The van der Waals surface area contributed by atoms with Crippen LogP contribution in [0.2, 0.25) is 5.02 Å². The van der Waals surface area contributed by atoms with Crippen LogP contribution in [0, 0.1) is 12.7 Å². The summed E-state index contributed by atoms with van der Waals surface area (Å²) in [4.78, 5) is 28.1. The van der Waals surface area contributed by atoms with Gasteiger partial charge < -0.3 is 10.2 Å². The predicted molar refractivity (Wildman–Crippen MR) is 113 cm³/mol. The van der Waals surface area contributed by atoms with E-state index >= 15 is 0 Å². The van der Waals surface area contributed by atoms with Gasteiger partial charge >= 0.3 is 11.9 Å². The van der Waals surface area contributed by atoms with E-state index in [1.54, 1.807) is 12.1 Å². The van der Waals surface area contributed by atoms with Crippen molar-refractivity contribution in [2.75, 3.05) is 0 Å². The number of aliphatic imine (C=N–C) groups is 1. The molecule has 0 saturated carbocycles. The number of rotatable bonds is 3. The zero-order valence-corrected chi connectivity index (χ0v) is 17.0. The quantitative estimate of drug-likeness (QED) is 0.597. The molecule has 0 atom stereocenters. The molecule has 158 valence electrons. The van der Waals surface area contributed by atoms with E-state index in [1.165, 1.54) is 6.07 Å². The molecule has 7 nitrogen and oxygen atoms in total. The minimum atomic E-state index is -1.26. The summed E-state index contributed by atoms with van der Waals surface area (Å²) >= 11 is 6.19. The van der Waals surface area contributed by atoms with Crippen LogP contribution in [-0.2, 0) is 16.1 Å². The van der Waals surface area contributed by atoms with Crippen molar-refractivity contribution >= 4 is 29.3 Å². The largest absolute Gasteiger partial charge is 0.478 e. The molecule has 0 aliphatic carbocycles. The number of aromatic nitrogens is 2. The Hall–Kier alpha value is -3.78. The van der Waals surface area contributed by atoms with Gasteiger partial charge in [-0.05, 0) is 37.3 Å². The lowest BCUT2D eigenvalue weighted by Gasteiger charge is -2.14. The molecule has 0 saturated heterocycles. The van der Waals surface area contributed by atoms with Crippen molar-refractivity contribution in [2.45, 2.75) is 13.5 Å². The maximum Gasteiger partial charge on any atom is 0.328 e. The fraction of sp³-hybridized carbons (Fsp3) is 0.0909. The van der Waals surface area contributed by atoms with Gasteiger partial charge in [0.25, 0.3) is 0 Å². The lowest BCUT2D eigenvalue weighted by Crippen LogP contribution is -2.09. The number of fused-ring (bicyclic) bond motifs is 3. The van der Waals surface area contributed by atoms with Gasteiger partial charge in [0, 0.05) is 28.3 Å².